The van der Waals surface area contributed by atoms with Gasteiger partial charge in [0.2, 0.25) is 0 Å². The highest BCUT2D eigenvalue weighted by Crippen LogP contribution is 2.38. The minimum Gasteiger partial charge on any atom is -0.477 e. The smallest absolute Gasteiger partial charge is 0.352 e. The number of nitrogens with two attached hydrogens (primary N) is 1. The van der Waals surface area contributed by atoms with E-state index in [1.165, 1.54) is 10.3 Å². The number of β-lactam (4-membered cyclic amide) rings is 1. The van der Waals surface area contributed by atoms with Gasteiger partial charge in [-0.25, -0.2) is 14.8 Å². The van der Waals surface area contributed by atoms with Crippen molar-refractivity contribution in [2.75, 3.05) is 17.2 Å². The van der Waals surface area contributed by atoms with Crippen molar-refractivity contribution in [1.29, 1.82) is 0 Å². The predicted molar refractivity (Wildman–Crippen MR) is 131 cm³/mol. The van der Waals surface area contributed by atoms with E-state index in [4.69, 9.17) is 5.73 Å². The van der Waals surface area contributed by atoms with Crippen molar-refractivity contribution in [2.45, 2.75) is 31.3 Å². The molecule has 2 aromatic heterocycles. The molecule has 14 heteroatoms. The quantitative estimate of drug-likeness (QED) is 0.137. The highest BCUT2D eigenvalue weighted by atomic mass is 32.1. The molecule has 5 rings (SSSR count). The van der Waals surface area contributed by atoms with Crippen LogP contribution in [-0.2, 0) is 19.2 Å². The van der Waals surface area contributed by atoms with Gasteiger partial charge >= 0.3 is 5.97 Å². The Kier molecular flexibility index (Phi) is 6.17. The Labute approximate surface area is 213 Å². The summed E-state index contributed by atoms with van der Waals surface area (Å²) in [4.78, 5) is 61.5. The molecule has 3 amide bonds. The fraction of sp³-hybridized carbons (Fsp3) is 0.261. The molecule has 0 spiro atoms. The summed E-state index contributed by atoms with van der Waals surface area (Å²) in [5, 5.41) is 26.3. The zero-order valence-electron chi connectivity index (χ0n) is 19.2. The molecule has 37 heavy (non-hydrogen) atoms. The number of nitrogen functional groups attached to an aromatic ring is 1. The van der Waals surface area contributed by atoms with Crippen LogP contribution in [0, 0.1) is 0 Å². The number of pyridine rings is 1. The van der Waals surface area contributed by atoms with E-state index in [-0.39, 0.29) is 28.9 Å². The number of amides is 3. The second kappa shape index (κ2) is 9.46. The molecule has 0 saturated carbocycles. The maximum absolute atomic E-state index is 13.0. The molecule has 0 radical (unpaired) electrons. The van der Waals surface area contributed by atoms with Gasteiger partial charge in [-0.2, -0.15) is 0 Å². The SMILES string of the molecule is Nc1nc(/C(=N/O)C(=O)N[C@@H]2C(=O)N3C(C(=O)O)=C(C=C4CCN(c5ccccn5)C4=O)CC[C@H]23)cs1. The number of oxime groups is 1. The summed E-state index contributed by atoms with van der Waals surface area (Å²) in [7, 11) is 0. The van der Waals surface area contributed by atoms with Gasteiger partial charge in [0.25, 0.3) is 17.7 Å². The van der Waals surface area contributed by atoms with E-state index in [2.05, 4.69) is 20.4 Å². The van der Waals surface area contributed by atoms with Crippen molar-refractivity contribution in [3.05, 3.63) is 58.4 Å². The first kappa shape index (κ1) is 24.1. The standard InChI is InChI=1S/C23H21N7O6S/c24-23-26-13(10-37-23)16(28-36)19(31)27-17-14-5-4-11(18(22(34)35)30(14)21(17)33)9-12-6-8-29(20(12)32)15-3-1-2-7-25-15/h1-3,7,9-10,14,17,36H,4-6,8H2,(H2,24,26)(H,27,31)(H,34,35)/b12-9?,28-16-/t14-,17+/m1/s1. The fourth-order valence-corrected chi connectivity index (χ4v) is 5.29. The number of aromatic nitrogens is 2. The molecule has 0 aromatic carbocycles. The van der Waals surface area contributed by atoms with E-state index in [9.17, 15) is 29.5 Å². The lowest BCUT2D eigenvalue weighted by molar-refractivity contribution is -0.155. The predicted octanol–water partition coefficient (Wildman–Crippen LogP) is 0.490. The monoisotopic (exact) mass is 523 g/mol. The van der Waals surface area contributed by atoms with Gasteiger partial charge < -0.3 is 21.4 Å². The lowest BCUT2D eigenvalue weighted by atomic mass is 9.82. The molecule has 2 saturated heterocycles. The Morgan fingerprint density at radius 3 is 2.73 bits per heavy atom. The third-order valence-electron chi connectivity index (χ3n) is 6.44. The Morgan fingerprint density at radius 2 is 2.08 bits per heavy atom. The molecule has 5 heterocycles. The highest BCUT2D eigenvalue weighted by molar-refractivity contribution is 7.13. The summed E-state index contributed by atoms with van der Waals surface area (Å²) in [5.74, 6) is -2.52. The summed E-state index contributed by atoms with van der Waals surface area (Å²) < 4.78 is 0. The number of carboxylic acids is 1. The number of rotatable bonds is 6. The molecule has 3 aliphatic rings. The number of nitrogens with one attached hydrogen (secondary N) is 1. The number of nitrogens with zero attached hydrogens (tertiary/aromatic N) is 5. The topological polar surface area (TPSA) is 191 Å². The van der Waals surface area contributed by atoms with E-state index in [0.717, 1.165) is 16.2 Å². The molecule has 0 bridgehead atoms. The summed E-state index contributed by atoms with van der Waals surface area (Å²) >= 11 is 1.05. The number of carboxylic acid groups (broad SMARTS) is 1. The first-order valence-electron chi connectivity index (χ1n) is 11.3. The van der Waals surface area contributed by atoms with Gasteiger partial charge in [-0.1, -0.05) is 11.2 Å². The Bertz CT molecular complexity index is 1400. The van der Waals surface area contributed by atoms with Crippen molar-refractivity contribution in [2.24, 2.45) is 5.16 Å². The first-order chi connectivity index (χ1) is 17.8. The van der Waals surface area contributed by atoms with Crippen LogP contribution in [0.15, 0.2) is 57.9 Å². The number of aliphatic carboxylic acids is 1. The van der Waals surface area contributed by atoms with Crippen molar-refractivity contribution < 1.29 is 29.5 Å². The molecular weight excluding hydrogens is 502 g/mol. The van der Waals surface area contributed by atoms with E-state index in [1.807, 2.05) is 0 Å². The number of hydrogen-bond acceptors (Lipinski definition) is 10. The molecule has 2 atom stereocenters. The number of carbonyl (C=O) groups is 4. The Morgan fingerprint density at radius 1 is 1.27 bits per heavy atom. The van der Waals surface area contributed by atoms with Gasteiger partial charge in [0.1, 0.15) is 23.3 Å². The van der Waals surface area contributed by atoms with Crippen LogP contribution in [0.1, 0.15) is 25.0 Å². The summed E-state index contributed by atoms with van der Waals surface area (Å²) in [6.07, 6.45) is 4.19. The van der Waals surface area contributed by atoms with Crippen LogP contribution in [0.5, 0.6) is 0 Å². The fourth-order valence-electron chi connectivity index (χ4n) is 4.74. The zero-order valence-corrected chi connectivity index (χ0v) is 20.0. The highest BCUT2D eigenvalue weighted by Gasteiger charge is 2.53. The van der Waals surface area contributed by atoms with E-state index in [0.29, 0.717) is 36.4 Å². The average molecular weight is 524 g/mol. The van der Waals surface area contributed by atoms with Crippen LogP contribution in [0.25, 0.3) is 0 Å². The molecule has 3 aliphatic heterocycles. The van der Waals surface area contributed by atoms with E-state index >= 15 is 0 Å². The maximum atomic E-state index is 13.0. The van der Waals surface area contributed by atoms with Crippen molar-refractivity contribution in [3.63, 3.8) is 0 Å². The molecule has 190 valence electrons. The van der Waals surface area contributed by atoms with Gasteiger partial charge in [-0.05, 0) is 43.0 Å². The van der Waals surface area contributed by atoms with Crippen LogP contribution in [0.2, 0.25) is 0 Å². The van der Waals surface area contributed by atoms with Crippen LogP contribution in [0.3, 0.4) is 0 Å². The lowest BCUT2D eigenvalue weighted by Crippen LogP contribution is -2.72. The van der Waals surface area contributed by atoms with Gasteiger partial charge in [-0.3, -0.25) is 24.2 Å². The van der Waals surface area contributed by atoms with Gasteiger partial charge in [0.15, 0.2) is 10.8 Å². The van der Waals surface area contributed by atoms with E-state index < -0.39 is 35.6 Å². The molecule has 0 unspecified atom stereocenters. The van der Waals surface area contributed by atoms with Crippen molar-refractivity contribution in [1.82, 2.24) is 20.2 Å². The minimum atomic E-state index is -1.31. The van der Waals surface area contributed by atoms with Crippen molar-refractivity contribution >= 4 is 51.7 Å². The maximum Gasteiger partial charge on any atom is 0.352 e. The molecule has 2 fully saturated rings. The second-order valence-corrected chi connectivity index (χ2v) is 9.42. The van der Waals surface area contributed by atoms with Crippen LogP contribution >= 0.6 is 11.3 Å². The third kappa shape index (κ3) is 4.20. The zero-order chi connectivity index (χ0) is 26.3. The first-order valence-corrected chi connectivity index (χ1v) is 12.2. The van der Waals surface area contributed by atoms with E-state index in [1.54, 1.807) is 30.5 Å². The lowest BCUT2D eigenvalue weighted by Gasteiger charge is -2.50. The molecule has 5 N–H and O–H groups in total. The van der Waals surface area contributed by atoms with Gasteiger partial charge in [0, 0.05) is 23.7 Å². The molecule has 13 nitrogen and oxygen atoms in total. The van der Waals surface area contributed by atoms with Crippen LogP contribution in [-0.4, -0.2) is 73.2 Å². The van der Waals surface area contributed by atoms with Crippen molar-refractivity contribution in [3.8, 4) is 0 Å². The van der Waals surface area contributed by atoms with Gasteiger partial charge in [0.05, 0.1) is 6.04 Å². The normalized spacial score (nSPS) is 22.8. The summed E-state index contributed by atoms with van der Waals surface area (Å²) in [5.41, 5.74) is 5.79. The number of thiazole rings is 1. The summed E-state index contributed by atoms with van der Waals surface area (Å²) in [6, 6.07) is 3.63. The number of fused-ring (bicyclic) bond motifs is 1. The number of carbonyl (C=O) groups excluding carboxylic acids is 3. The largest absolute Gasteiger partial charge is 0.477 e. The number of hydrogen-bond donors (Lipinski definition) is 4. The molecule has 0 aliphatic carbocycles. The summed E-state index contributed by atoms with van der Waals surface area (Å²) in [6.45, 7) is 0.413. The van der Waals surface area contributed by atoms with Crippen LogP contribution < -0.4 is 16.0 Å². The number of allylic oxidation sites excluding steroid dienone is 2. The minimum absolute atomic E-state index is 0.0516. The second-order valence-electron chi connectivity index (χ2n) is 8.53. The molecular formula is C23H21N7O6S. The van der Waals surface area contributed by atoms with Crippen LogP contribution in [0.4, 0.5) is 10.9 Å². The Balaban J connectivity index is 1.35. The van der Waals surface area contributed by atoms with Gasteiger partial charge in [-0.15, -0.1) is 11.3 Å². The third-order valence-corrected chi connectivity index (χ3v) is 7.12. The number of anilines is 2. The average Bonchev–Trinajstić information content (AvgIpc) is 3.48. The molecule has 2 aromatic rings. The Hall–Kier alpha value is -4.59.